The van der Waals surface area contributed by atoms with Crippen molar-refractivity contribution in [3.63, 3.8) is 0 Å². The molecule has 0 bridgehead atoms. The summed E-state index contributed by atoms with van der Waals surface area (Å²) < 4.78 is 11.5. The van der Waals surface area contributed by atoms with Gasteiger partial charge in [-0.15, -0.1) is 0 Å². The maximum absolute atomic E-state index is 11.8. The molecule has 2 amide bonds. The summed E-state index contributed by atoms with van der Waals surface area (Å²) in [5.74, 6) is 1.38. The number of urea groups is 1. The third kappa shape index (κ3) is 3.81. The van der Waals surface area contributed by atoms with Crippen molar-refractivity contribution in [1.29, 1.82) is 0 Å². The fraction of sp³-hybridized carbons (Fsp3) is 0.125. The molecule has 6 nitrogen and oxygen atoms in total. The van der Waals surface area contributed by atoms with Crippen LogP contribution < -0.4 is 20.2 Å². The summed E-state index contributed by atoms with van der Waals surface area (Å²) >= 11 is 3.41. The minimum absolute atomic E-state index is 0.225. The number of nitrogens with zero attached hydrogens (tertiary/aromatic N) is 1. The highest BCUT2D eigenvalue weighted by molar-refractivity contribution is 9.10. The molecular weight excluding hydrogens is 362 g/mol. The normalized spacial score (nSPS) is 12.4. The van der Waals surface area contributed by atoms with E-state index in [1.165, 1.54) is 6.21 Å². The van der Waals surface area contributed by atoms with Crippen LogP contribution in [0.5, 0.6) is 11.5 Å². The minimum Gasteiger partial charge on any atom is -0.454 e. The van der Waals surface area contributed by atoms with Crippen LogP contribution in [0.15, 0.2) is 46.0 Å². The third-order valence-corrected chi connectivity index (χ3v) is 4.08. The number of rotatable bonds is 3. The van der Waals surface area contributed by atoms with Crippen molar-refractivity contribution in [2.24, 2.45) is 5.10 Å². The molecule has 0 unspecified atom stereocenters. The fourth-order valence-electron chi connectivity index (χ4n) is 2.04. The number of carbonyl (C=O) groups is 1. The monoisotopic (exact) mass is 375 g/mol. The van der Waals surface area contributed by atoms with Crippen LogP contribution in [0.2, 0.25) is 0 Å². The average Bonchev–Trinajstić information content (AvgIpc) is 2.98. The van der Waals surface area contributed by atoms with E-state index >= 15 is 0 Å². The highest BCUT2D eigenvalue weighted by atomic mass is 79.9. The fourth-order valence-corrected chi connectivity index (χ4v) is 2.29. The van der Waals surface area contributed by atoms with Crippen LogP contribution in [0, 0.1) is 6.92 Å². The third-order valence-electron chi connectivity index (χ3n) is 3.19. The van der Waals surface area contributed by atoms with Gasteiger partial charge in [-0.3, -0.25) is 0 Å². The van der Waals surface area contributed by atoms with Crippen LogP contribution in [0.1, 0.15) is 11.1 Å². The summed E-state index contributed by atoms with van der Waals surface area (Å²) in [6.45, 7) is 2.17. The van der Waals surface area contributed by atoms with E-state index in [9.17, 15) is 4.79 Å². The van der Waals surface area contributed by atoms with Crippen molar-refractivity contribution >= 4 is 33.9 Å². The van der Waals surface area contributed by atoms with Gasteiger partial charge in [0.25, 0.3) is 0 Å². The first-order valence-corrected chi connectivity index (χ1v) is 7.67. The summed E-state index contributed by atoms with van der Waals surface area (Å²) in [6.07, 6.45) is 1.54. The molecule has 0 saturated heterocycles. The number of carbonyl (C=O) groups excluding carboxylic acids is 1. The van der Waals surface area contributed by atoms with Crippen LogP contribution in [-0.4, -0.2) is 19.0 Å². The van der Waals surface area contributed by atoms with Gasteiger partial charge in [-0.1, -0.05) is 15.9 Å². The second kappa shape index (κ2) is 6.70. The Morgan fingerprint density at radius 2 is 2.04 bits per heavy atom. The Morgan fingerprint density at radius 3 is 2.87 bits per heavy atom. The molecule has 2 N–H and O–H groups in total. The van der Waals surface area contributed by atoms with Gasteiger partial charge >= 0.3 is 6.03 Å². The lowest BCUT2D eigenvalue weighted by Gasteiger charge is -2.06. The first-order valence-electron chi connectivity index (χ1n) is 6.88. The highest BCUT2D eigenvalue weighted by Crippen LogP contribution is 2.31. The number of hydrogen-bond donors (Lipinski definition) is 2. The number of aryl methyl sites for hydroxylation is 1. The van der Waals surface area contributed by atoms with Gasteiger partial charge in [0.1, 0.15) is 0 Å². The van der Waals surface area contributed by atoms with Gasteiger partial charge in [0, 0.05) is 10.2 Å². The molecule has 1 aliphatic heterocycles. The van der Waals surface area contributed by atoms with E-state index in [0.29, 0.717) is 17.2 Å². The SMILES string of the molecule is Cc1cc(NC(=O)N/N=C/c2ccc3c(c2)OCO3)ccc1Br. The summed E-state index contributed by atoms with van der Waals surface area (Å²) in [6, 6.07) is 10.6. The quantitative estimate of drug-likeness (QED) is 0.635. The molecule has 7 heteroatoms. The Hall–Kier alpha value is -2.54. The van der Waals surface area contributed by atoms with Crippen molar-refractivity contribution < 1.29 is 14.3 Å². The van der Waals surface area contributed by atoms with E-state index in [1.54, 1.807) is 18.2 Å². The van der Waals surface area contributed by atoms with Crippen molar-refractivity contribution in [3.8, 4) is 11.5 Å². The lowest BCUT2D eigenvalue weighted by Crippen LogP contribution is -2.24. The molecule has 0 radical (unpaired) electrons. The highest BCUT2D eigenvalue weighted by Gasteiger charge is 2.12. The molecule has 2 aromatic carbocycles. The second-order valence-corrected chi connectivity index (χ2v) is 5.76. The van der Waals surface area contributed by atoms with Gasteiger partial charge in [0.05, 0.1) is 6.21 Å². The maximum Gasteiger partial charge on any atom is 0.339 e. The van der Waals surface area contributed by atoms with Gasteiger partial charge in [-0.2, -0.15) is 5.10 Å². The number of fused-ring (bicyclic) bond motifs is 1. The largest absolute Gasteiger partial charge is 0.454 e. The van der Waals surface area contributed by atoms with Gasteiger partial charge in [-0.25, -0.2) is 10.2 Å². The molecule has 0 saturated carbocycles. The van der Waals surface area contributed by atoms with Crippen LogP contribution in [0.4, 0.5) is 10.5 Å². The number of hydrazone groups is 1. The van der Waals surface area contributed by atoms with E-state index < -0.39 is 6.03 Å². The zero-order chi connectivity index (χ0) is 16.2. The van der Waals surface area contributed by atoms with E-state index in [-0.39, 0.29) is 6.79 Å². The first-order chi connectivity index (χ1) is 11.1. The van der Waals surface area contributed by atoms with Crippen LogP contribution >= 0.6 is 15.9 Å². The summed E-state index contributed by atoms with van der Waals surface area (Å²) in [4.78, 5) is 11.8. The topological polar surface area (TPSA) is 72.0 Å². The molecule has 0 aliphatic carbocycles. The minimum atomic E-state index is -0.413. The van der Waals surface area contributed by atoms with Crippen LogP contribution in [-0.2, 0) is 0 Å². The van der Waals surface area contributed by atoms with Gasteiger partial charge in [0.15, 0.2) is 11.5 Å². The molecule has 2 aromatic rings. The lowest BCUT2D eigenvalue weighted by atomic mass is 10.2. The van der Waals surface area contributed by atoms with E-state index in [2.05, 4.69) is 31.8 Å². The number of hydrogen-bond acceptors (Lipinski definition) is 4. The standard InChI is InChI=1S/C16H14BrN3O3/c1-10-6-12(3-4-13(10)17)19-16(21)20-18-8-11-2-5-14-15(7-11)23-9-22-14/h2-8H,9H2,1H3,(H2,19,20,21)/b18-8+. The number of anilines is 1. The Morgan fingerprint density at radius 1 is 1.22 bits per heavy atom. The molecular formula is C16H14BrN3O3. The predicted octanol–water partition coefficient (Wildman–Crippen LogP) is 3.64. The molecule has 0 atom stereocenters. The molecule has 0 fully saturated rings. The van der Waals surface area contributed by atoms with Crippen LogP contribution in [0.25, 0.3) is 0 Å². The van der Waals surface area contributed by atoms with Crippen molar-refractivity contribution in [2.75, 3.05) is 12.1 Å². The summed E-state index contributed by atoms with van der Waals surface area (Å²) in [7, 11) is 0. The Bertz CT molecular complexity index is 777. The number of ether oxygens (including phenoxy) is 2. The molecule has 0 spiro atoms. The molecule has 1 aliphatic rings. The lowest BCUT2D eigenvalue weighted by molar-refractivity contribution is 0.174. The molecule has 1 heterocycles. The summed E-state index contributed by atoms with van der Waals surface area (Å²) in [5, 5.41) is 6.62. The Labute approximate surface area is 141 Å². The van der Waals surface area contributed by atoms with Crippen LogP contribution in [0.3, 0.4) is 0 Å². The van der Waals surface area contributed by atoms with Crippen molar-refractivity contribution in [2.45, 2.75) is 6.92 Å². The number of nitrogens with one attached hydrogen (secondary N) is 2. The number of benzene rings is 2. The number of amides is 2. The van der Waals surface area contributed by atoms with Crippen molar-refractivity contribution in [1.82, 2.24) is 5.43 Å². The smallest absolute Gasteiger partial charge is 0.339 e. The molecule has 0 aromatic heterocycles. The average molecular weight is 376 g/mol. The van der Waals surface area contributed by atoms with Gasteiger partial charge < -0.3 is 14.8 Å². The van der Waals surface area contributed by atoms with E-state index in [4.69, 9.17) is 9.47 Å². The first kappa shape index (κ1) is 15.4. The van der Waals surface area contributed by atoms with Crippen molar-refractivity contribution in [3.05, 3.63) is 52.0 Å². The van der Waals surface area contributed by atoms with Gasteiger partial charge in [-0.05, 0) is 54.4 Å². The maximum atomic E-state index is 11.8. The molecule has 118 valence electrons. The van der Waals surface area contributed by atoms with Gasteiger partial charge in [0.2, 0.25) is 6.79 Å². The molecule has 23 heavy (non-hydrogen) atoms. The second-order valence-electron chi connectivity index (χ2n) is 4.90. The zero-order valence-electron chi connectivity index (χ0n) is 12.3. The Balaban J connectivity index is 1.57. The summed E-state index contributed by atoms with van der Waals surface area (Å²) in [5.41, 5.74) is 4.95. The Kier molecular flexibility index (Phi) is 4.47. The van der Waals surface area contributed by atoms with E-state index in [0.717, 1.165) is 15.6 Å². The molecule has 3 rings (SSSR count). The van der Waals surface area contributed by atoms with E-state index in [1.807, 2.05) is 25.1 Å². The number of halogens is 1. The predicted molar refractivity (Wildman–Crippen MR) is 91.2 cm³/mol. The zero-order valence-corrected chi connectivity index (χ0v) is 13.9.